The number of amides is 1. The van der Waals surface area contributed by atoms with Gasteiger partial charge in [0, 0.05) is 28.8 Å². The summed E-state index contributed by atoms with van der Waals surface area (Å²) in [5.41, 5.74) is 2.47. The fourth-order valence-electron chi connectivity index (χ4n) is 2.76. The number of benzene rings is 2. The van der Waals surface area contributed by atoms with E-state index in [1.807, 2.05) is 55.5 Å². The first-order chi connectivity index (χ1) is 11.6. The van der Waals surface area contributed by atoms with Crippen LogP contribution in [0.3, 0.4) is 0 Å². The van der Waals surface area contributed by atoms with Gasteiger partial charge in [-0.1, -0.05) is 12.1 Å². The second-order valence-corrected chi connectivity index (χ2v) is 6.72. The molecule has 24 heavy (non-hydrogen) atoms. The molecule has 3 aromatic rings. The molecule has 0 aliphatic carbocycles. The Kier molecular flexibility index (Phi) is 5.03. The maximum atomic E-state index is 12.5. The average molecular weight is 435 g/mol. The van der Waals surface area contributed by atoms with Crippen LogP contribution in [0.15, 0.2) is 53.3 Å². The molecule has 0 spiro atoms. The molecule has 1 heterocycles. The number of rotatable bonds is 5. The third kappa shape index (κ3) is 3.38. The summed E-state index contributed by atoms with van der Waals surface area (Å²) in [6.07, 6.45) is 0.254. The summed E-state index contributed by atoms with van der Waals surface area (Å²) in [5, 5.41) is 2.86. The van der Waals surface area contributed by atoms with E-state index < -0.39 is 0 Å². The van der Waals surface area contributed by atoms with Gasteiger partial charge in [0.15, 0.2) is 0 Å². The van der Waals surface area contributed by atoms with Gasteiger partial charge < -0.3 is 5.32 Å². The summed E-state index contributed by atoms with van der Waals surface area (Å²) in [7, 11) is 0. The number of fused-ring (bicyclic) bond motifs is 1. The highest BCUT2D eigenvalue weighted by Gasteiger charge is 2.12. The van der Waals surface area contributed by atoms with Crippen molar-refractivity contribution in [3.63, 3.8) is 0 Å². The van der Waals surface area contributed by atoms with Crippen LogP contribution < -0.4 is 11.0 Å². The Bertz CT molecular complexity index is 926. The molecular weight excluding hydrogens is 417 g/mol. The van der Waals surface area contributed by atoms with Crippen molar-refractivity contribution in [1.29, 1.82) is 0 Å². The standard InChI is InChI=1S/C18H18IN3O2/c1-2-21-15-5-3-4-6-16(15)22(18(21)24)12-11-17(23)20-14-9-7-13(19)8-10-14/h3-10H,2,11-12H2,1H3,(H,20,23). The van der Waals surface area contributed by atoms with Gasteiger partial charge in [0.1, 0.15) is 0 Å². The smallest absolute Gasteiger partial charge is 0.326 e. The number of carbonyl (C=O) groups is 1. The Morgan fingerprint density at radius 2 is 1.67 bits per heavy atom. The minimum Gasteiger partial charge on any atom is -0.326 e. The average Bonchev–Trinajstić information content (AvgIpc) is 2.86. The molecule has 1 amide bonds. The van der Waals surface area contributed by atoms with Crippen molar-refractivity contribution in [2.75, 3.05) is 5.32 Å². The number of nitrogens with one attached hydrogen (secondary N) is 1. The molecule has 6 heteroatoms. The van der Waals surface area contributed by atoms with E-state index in [4.69, 9.17) is 0 Å². The molecule has 124 valence electrons. The first-order valence-electron chi connectivity index (χ1n) is 7.83. The molecule has 1 N–H and O–H groups in total. The largest absolute Gasteiger partial charge is 0.329 e. The van der Waals surface area contributed by atoms with Gasteiger partial charge in [-0.2, -0.15) is 0 Å². The van der Waals surface area contributed by atoms with Gasteiger partial charge in [-0.15, -0.1) is 0 Å². The van der Waals surface area contributed by atoms with Crippen molar-refractivity contribution in [3.05, 3.63) is 62.6 Å². The minimum absolute atomic E-state index is 0.0687. The fourth-order valence-corrected chi connectivity index (χ4v) is 3.12. The van der Waals surface area contributed by atoms with Gasteiger partial charge in [0.25, 0.3) is 0 Å². The molecule has 0 saturated heterocycles. The molecule has 3 rings (SSSR count). The van der Waals surface area contributed by atoms with Crippen LogP contribution in [0.4, 0.5) is 5.69 Å². The highest BCUT2D eigenvalue weighted by molar-refractivity contribution is 14.1. The fraction of sp³-hybridized carbons (Fsp3) is 0.222. The zero-order valence-electron chi connectivity index (χ0n) is 13.3. The number of halogens is 1. The molecule has 1 aromatic heterocycles. The van der Waals surface area contributed by atoms with Crippen molar-refractivity contribution in [2.45, 2.75) is 26.4 Å². The van der Waals surface area contributed by atoms with E-state index >= 15 is 0 Å². The van der Waals surface area contributed by atoms with E-state index in [0.717, 1.165) is 20.3 Å². The van der Waals surface area contributed by atoms with E-state index in [2.05, 4.69) is 27.9 Å². The second-order valence-electron chi connectivity index (χ2n) is 5.47. The van der Waals surface area contributed by atoms with Crippen LogP contribution in [0.5, 0.6) is 0 Å². The number of carbonyl (C=O) groups excluding carboxylic acids is 1. The van der Waals surface area contributed by atoms with E-state index in [-0.39, 0.29) is 18.0 Å². The monoisotopic (exact) mass is 435 g/mol. The lowest BCUT2D eigenvalue weighted by Gasteiger charge is -2.06. The van der Waals surface area contributed by atoms with E-state index in [1.54, 1.807) is 9.13 Å². The molecule has 0 radical (unpaired) electrons. The van der Waals surface area contributed by atoms with Crippen molar-refractivity contribution < 1.29 is 4.79 Å². The Balaban J connectivity index is 1.76. The number of para-hydroxylation sites is 2. The minimum atomic E-state index is -0.101. The SMILES string of the molecule is CCn1c(=O)n(CCC(=O)Nc2ccc(I)cc2)c2ccccc21. The van der Waals surface area contributed by atoms with Gasteiger partial charge >= 0.3 is 5.69 Å². The maximum Gasteiger partial charge on any atom is 0.329 e. The van der Waals surface area contributed by atoms with Gasteiger partial charge in [0.2, 0.25) is 5.91 Å². The summed E-state index contributed by atoms with van der Waals surface area (Å²) in [5.74, 6) is -0.101. The van der Waals surface area contributed by atoms with E-state index in [9.17, 15) is 9.59 Å². The number of imidazole rings is 1. The van der Waals surface area contributed by atoms with Gasteiger partial charge in [0.05, 0.1) is 11.0 Å². The molecule has 0 aliphatic rings. The lowest BCUT2D eigenvalue weighted by molar-refractivity contribution is -0.116. The third-order valence-electron chi connectivity index (χ3n) is 3.93. The number of hydrogen-bond donors (Lipinski definition) is 1. The molecule has 0 saturated carbocycles. The third-order valence-corrected chi connectivity index (χ3v) is 4.65. The van der Waals surface area contributed by atoms with Crippen molar-refractivity contribution in [3.8, 4) is 0 Å². The quantitative estimate of drug-likeness (QED) is 0.625. The van der Waals surface area contributed by atoms with Gasteiger partial charge in [-0.3, -0.25) is 13.9 Å². The first-order valence-corrected chi connectivity index (χ1v) is 8.91. The van der Waals surface area contributed by atoms with Gasteiger partial charge in [-0.25, -0.2) is 4.79 Å². The topological polar surface area (TPSA) is 56.0 Å². The summed E-state index contributed by atoms with van der Waals surface area (Å²) >= 11 is 2.22. The number of aryl methyl sites for hydroxylation is 2. The van der Waals surface area contributed by atoms with Crippen LogP contribution in [-0.2, 0) is 17.9 Å². The van der Waals surface area contributed by atoms with Crippen LogP contribution in [0, 0.1) is 3.57 Å². The molecule has 2 aromatic carbocycles. The normalized spacial score (nSPS) is 10.9. The first kappa shape index (κ1) is 16.8. The van der Waals surface area contributed by atoms with E-state index in [1.165, 1.54) is 0 Å². The lowest BCUT2D eigenvalue weighted by atomic mass is 10.3. The predicted molar refractivity (Wildman–Crippen MR) is 104 cm³/mol. The molecule has 0 unspecified atom stereocenters. The van der Waals surface area contributed by atoms with Crippen LogP contribution in [0.2, 0.25) is 0 Å². The Morgan fingerprint density at radius 3 is 2.29 bits per heavy atom. The summed E-state index contributed by atoms with van der Waals surface area (Å²) < 4.78 is 4.52. The summed E-state index contributed by atoms with van der Waals surface area (Å²) in [4.78, 5) is 24.7. The molecule has 0 bridgehead atoms. The maximum absolute atomic E-state index is 12.5. The lowest BCUT2D eigenvalue weighted by Crippen LogP contribution is -2.25. The number of hydrogen-bond acceptors (Lipinski definition) is 2. The highest BCUT2D eigenvalue weighted by Crippen LogP contribution is 2.14. The predicted octanol–water partition coefficient (Wildman–Crippen LogP) is 3.46. The number of aromatic nitrogens is 2. The Morgan fingerprint density at radius 1 is 1.04 bits per heavy atom. The molecule has 0 atom stereocenters. The molecule has 0 fully saturated rings. The van der Waals surface area contributed by atoms with Crippen molar-refractivity contribution >= 4 is 45.2 Å². The molecule has 0 aliphatic heterocycles. The Labute approximate surface area is 153 Å². The molecular formula is C18H18IN3O2. The van der Waals surface area contributed by atoms with Crippen LogP contribution >= 0.6 is 22.6 Å². The number of anilines is 1. The zero-order chi connectivity index (χ0) is 17.1. The van der Waals surface area contributed by atoms with Crippen LogP contribution in [0.1, 0.15) is 13.3 Å². The number of nitrogens with zero attached hydrogens (tertiary/aromatic N) is 2. The van der Waals surface area contributed by atoms with Crippen molar-refractivity contribution in [1.82, 2.24) is 9.13 Å². The zero-order valence-corrected chi connectivity index (χ0v) is 15.5. The van der Waals surface area contributed by atoms with Crippen LogP contribution in [0.25, 0.3) is 11.0 Å². The summed E-state index contributed by atoms with van der Waals surface area (Å²) in [6.45, 7) is 2.92. The molecule has 5 nitrogen and oxygen atoms in total. The highest BCUT2D eigenvalue weighted by atomic mass is 127. The van der Waals surface area contributed by atoms with E-state index in [0.29, 0.717) is 13.1 Å². The summed E-state index contributed by atoms with van der Waals surface area (Å²) in [6, 6.07) is 15.3. The van der Waals surface area contributed by atoms with Crippen molar-refractivity contribution in [2.24, 2.45) is 0 Å². The Hall–Kier alpha value is -2.09. The van der Waals surface area contributed by atoms with Gasteiger partial charge in [-0.05, 0) is 65.9 Å². The van der Waals surface area contributed by atoms with Crippen LogP contribution in [-0.4, -0.2) is 15.0 Å². The second kappa shape index (κ2) is 7.21.